The molecule has 3 rings (SSSR count). The zero-order chi connectivity index (χ0) is 20.1. The molecule has 0 aromatic heterocycles. The molecule has 148 valence electrons. The maximum absolute atomic E-state index is 12.7. The van der Waals surface area contributed by atoms with Crippen LogP contribution in [0, 0.1) is 17.0 Å². The Morgan fingerprint density at radius 2 is 1.75 bits per heavy atom. The van der Waals surface area contributed by atoms with E-state index in [4.69, 9.17) is 0 Å². The minimum atomic E-state index is -3.74. The lowest BCUT2D eigenvalue weighted by molar-refractivity contribution is -0.384. The van der Waals surface area contributed by atoms with Crippen LogP contribution in [0.3, 0.4) is 0 Å². The van der Waals surface area contributed by atoms with E-state index in [2.05, 4.69) is 4.40 Å². The fourth-order valence-corrected chi connectivity index (χ4v) is 4.24. The van der Waals surface area contributed by atoms with Crippen molar-refractivity contribution >= 4 is 21.5 Å². The molecule has 1 saturated heterocycles. The Labute approximate surface area is 164 Å². The maximum atomic E-state index is 12.7. The number of likely N-dealkylation sites (tertiary alicyclic amines) is 1. The summed E-state index contributed by atoms with van der Waals surface area (Å²) in [6, 6.07) is 13.1. The minimum Gasteiger partial charge on any atom is -0.359 e. The number of rotatable bonds is 6. The number of amidine groups is 1. The van der Waals surface area contributed by atoms with E-state index in [1.54, 1.807) is 36.4 Å². The number of sulfonamides is 1. The number of aryl methyl sites for hydroxylation is 1. The molecule has 0 unspecified atom stereocenters. The van der Waals surface area contributed by atoms with E-state index >= 15 is 0 Å². The quantitative estimate of drug-likeness (QED) is 0.543. The number of benzene rings is 2. The van der Waals surface area contributed by atoms with Crippen molar-refractivity contribution in [2.45, 2.75) is 37.5 Å². The third-order valence-corrected chi connectivity index (χ3v) is 6.12. The molecule has 0 radical (unpaired) electrons. The highest BCUT2D eigenvalue weighted by Crippen LogP contribution is 2.19. The van der Waals surface area contributed by atoms with Crippen LogP contribution in [0.25, 0.3) is 0 Å². The molecule has 0 atom stereocenters. The first-order chi connectivity index (χ1) is 13.3. The van der Waals surface area contributed by atoms with Gasteiger partial charge in [0.1, 0.15) is 5.84 Å². The van der Waals surface area contributed by atoms with Crippen LogP contribution in [0.2, 0.25) is 0 Å². The SMILES string of the molecule is Cc1ccc(S(=O)(=O)N=C2CCCCN2CCc2ccc([N+](=O)[O-])cc2)cc1. The van der Waals surface area contributed by atoms with E-state index in [1.807, 2.05) is 11.8 Å². The average Bonchev–Trinajstić information content (AvgIpc) is 2.68. The van der Waals surface area contributed by atoms with Crippen LogP contribution in [0.1, 0.15) is 30.4 Å². The predicted molar refractivity (Wildman–Crippen MR) is 108 cm³/mol. The van der Waals surface area contributed by atoms with E-state index in [9.17, 15) is 18.5 Å². The number of nitrogens with zero attached hydrogens (tertiary/aromatic N) is 3. The summed E-state index contributed by atoms with van der Waals surface area (Å²) in [6.07, 6.45) is 3.20. The summed E-state index contributed by atoms with van der Waals surface area (Å²) in [5.41, 5.74) is 2.03. The van der Waals surface area contributed by atoms with E-state index in [0.29, 0.717) is 25.2 Å². The van der Waals surface area contributed by atoms with Gasteiger partial charge in [-0.15, -0.1) is 4.40 Å². The van der Waals surface area contributed by atoms with Crippen LogP contribution < -0.4 is 0 Å². The van der Waals surface area contributed by atoms with Crippen molar-refractivity contribution in [2.75, 3.05) is 13.1 Å². The molecule has 28 heavy (non-hydrogen) atoms. The molecule has 1 fully saturated rings. The lowest BCUT2D eigenvalue weighted by Gasteiger charge is -2.30. The van der Waals surface area contributed by atoms with Crippen molar-refractivity contribution in [2.24, 2.45) is 4.40 Å². The molecule has 7 nitrogen and oxygen atoms in total. The molecule has 0 aliphatic carbocycles. The van der Waals surface area contributed by atoms with Gasteiger partial charge >= 0.3 is 0 Å². The lowest BCUT2D eigenvalue weighted by atomic mass is 10.1. The number of nitro benzene ring substituents is 1. The molecule has 0 bridgehead atoms. The molecule has 1 aliphatic heterocycles. The summed E-state index contributed by atoms with van der Waals surface area (Å²) in [5.74, 6) is 0.591. The van der Waals surface area contributed by atoms with Gasteiger partial charge in [-0.2, -0.15) is 8.42 Å². The highest BCUT2D eigenvalue weighted by Gasteiger charge is 2.21. The average molecular weight is 401 g/mol. The molecule has 2 aromatic rings. The number of piperidine rings is 1. The van der Waals surface area contributed by atoms with Gasteiger partial charge in [0.05, 0.1) is 9.82 Å². The summed E-state index contributed by atoms with van der Waals surface area (Å²) < 4.78 is 29.4. The van der Waals surface area contributed by atoms with E-state index in [0.717, 1.165) is 30.5 Å². The second-order valence-electron chi connectivity index (χ2n) is 6.91. The Bertz CT molecular complexity index is 968. The van der Waals surface area contributed by atoms with Gasteiger partial charge in [-0.3, -0.25) is 10.1 Å². The van der Waals surface area contributed by atoms with Gasteiger partial charge in [0.15, 0.2) is 0 Å². The molecule has 1 heterocycles. The third kappa shape index (κ3) is 4.95. The van der Waals surface area contributed by atoms with Crippen LogP contribution >= 0.6 is 0 Å². The number of nitro groups is 1. The molecule has 0 saturated carbocycles. The number of hydrogen-bond acceptors (Lipinski definition) is 4. The first kappa shape index (κ1) is 20.0. The third-order valence-electron chi connectivity index (χ3n) is 4.81. The van der Waals surface area contributed by atoms with E-state index in [-0.39, 0.29) is 10.6 Å². The summed E-state index contributed by atoms with van der Waals surface area (Å²) in [6.45, 7) is 3.29. The monoisotopic (exact) mass is 401 g/mol. The van der Waals surface area contributed by atoms with Crippen molar-refractivity contribution in [1.29, 1.82) is 0 Å². The molecular weight excluding hydrogens is 378 g/mol. The highest BCUT2D eigenvalue weighted by molar-refractivity contribution is 7.90. The van der Waals surface area contributed by atoms with E-state index in [1.165, 1.54) is 12.1 Å². The Hall–Kier alpha value is -2.74. The molecule has 0 spiro atoms. The van der Waals surface area contributed by atoms with Gasteiger partial charge in [0, 0.05) is 31.6 Å². The van der Waals surface area contributed by atoms with E-state index < -0.39 is 14.9 Å². The van der Waals surface area contributed by atoms with Crippen LogP contribution in [-0.4, -0.2) is 37.2 Å². The predicted octanol–water partition coefficient (Wildman–Crippen LogP) is 3.72. The first-order valence-electron chi connectivity index (χ1n) is 9.24. The Kier molecular flexibility index (Phi) is 6.08. The van der Waals surface area contributed by atoms with Gasteiger partial charge in [-0.1, -0.05) is 29.8 Å². The van der Waals surface area contributed by atoms with Crippen LogP contribution in [0.5, 0.6) is 0 Å². The summed E-state index contributed by atoms with van der Waals surface area (Å²) in [4.78, 5) is 12.5. The van der Waals surface area contributed by atoms with Crippen molar-refractivity contribution in [3.05, 3.63) is 69.8 Å². The van der Waals surface area contributed by atoms with Crippen molar-refractivity contribution in [3.63, 3.8) is 0 Å². The fourth-order valence-electron chi connectivity index (χ4n) is 3.17. The van der Waals surface area contributed by atoms with Crippen molar-refractivity contribution in [1.82, 2.24) is 4.90 Å². The fraction of sp³-hybridized carbons (Fsp3) is 0.350. The normalized spacial score (nSPS) is 16.3. The van der Waals surface area contributed by atoms with Gasteiger partial charge < -0.3 is 4.90 Å². The maximum Gasteiger partial charge on any atom is 0.283 e. The Morgan fingerprint density at radius 1 is 1.07 bits per heavy atom. The summed E-state index contributed by atoms with van der Waals surface area (Å²) in [5, 5.41) is 10.8. The lowest BCUT2D eigenvalue weighted by Crippen LogP contribution is -2.37. The van der Waals surface area contributed by atoms with Crippen LogP contribution in [-0.2, 0) is 16.4 Å². The Morgan fingerprint density at radius 3 is 2.39 bits per heavy atom. The molecule has 0 amide bonds. The zero-order valence-electron chi connectivity index (χ0n) is 15.7. The molecule has 1 aliphatic rings. The largest absolute Gasteiger partial charge is 0.359 e. The zero-order valence-corrected chi connectivity index (χ0v) is 16.6. The van der Waals surface area contributed by atoms with Crippen LogP contribution in [0.15, 0.2) is 57.8 Å². The van der Waals surface area contributed by atoms with Crippen LogP contribution in [0.4, 0.5) is 5.69 Å². The highest BCUT2D eigenvalue weighted by atomic mass is 32.2. The van der Waals surface area contributed by atoms with Gasteiger partial charge in [-0.25, -0.2) is 0 Å². The molecular formula is C20H23N3O4S. The van der Waals surface area contributed by atoms with Gasteiger partial charge in [0.2, 0.25) is 0 Å². The summed E-state index contributed by atoms with van der Waals surface area (Å²) >= 11 is 0. The summed E-state index contributed by atoms with van der Waals surface area (Å²) in [7, 11) is -3.74. The van der Waals surface area contributed by atoms with Crippen molar-refractivity contribution in [3.8, 4) is 0 Å². The minimum absolute atomic E-state index is 0.0631. The second kappa shape index (κ2) is 8.52. The van der Waals surface area contributed by atoms with Gasteiger partial charge in [0.25, 0.3) is 15.7 Å². The molecule has 2 aromatic carbocycles. The van der Waals surface area contributed by atoms with Crippen molar-refractivity contribution < 1.29 is 13.3 Å². The molecule has 0 N–H and O–H groups in total. The standard InChI is InChI=1S/C20H23N3O4S/c1-16-5-11-19(12-6-16)28(26,27)21-20-4-2-3-14-22(20)15-13-17-7-9-18(10-8-17)23(24)25/h5-12H,2-4,13-15H2,1H3. The number of non-ortho nitro benzene ring substituents is 1. The first-order valence-corrected chi connectivity index (χ1v) is 10.7. The second-order valence-corrected chi connectivity index (χ2v) is 8.52. The molecule has 8 heteroatoms. The smallest absolute Gasteiger partial charge is 0.283 e. The number of hydrogen-bond donors (Lipinski definition) is 0. The van der Waals surface area contributed by atoms with Gasteiger partial charge in [-0.05, 0) is 43.9 Å². The Balaban J connectivity index is 1.73. The topological polar surface area (TPSA) is 92.9 Å².